The van der Waals surface area contributed by atoms with Crippen LogP contribution in [0.1, 0.15) is 31.9 Å². The monoisotopic (exact) mass is 232 g/mol. The highest BCUT2D eigenvalue weighted by Crippen LogP contribution is 2.36. The molecule has 91 valence electrons. The first-order valence-corrected chi connectivity index (χ1v) is 5.43. The van der Waals surface area contributed by atoms with Crippen molar-refractivity contribution < 1.29 is 9.47 Å². The van der Waals surface area contributed by atoms with Crippen LogP contribution in [0.2, 0.25) is 0 Å². The van der Waals surface area contributed by atoms with Crippen LogP contribution in [-0.4, -0.2) is 14.2 Å². The van der Waals surface area contributed by atoms with Gasteiger partial charge in [-0.1, -0.05) is 20.8 Å². The lowest BCUT2D eigenvalue weighted by Crippen LogP contribution is -2.09. The molecule has 0 aromatic heterocycles. The fraction of sp³-hybridized carbons (Fsp3) is 0.429. The van der Waals surface area contributed by atoms with Gasteiger partial charge in [-0.05, 0) is 17.5 Å². The van der Waals surface area contributed by atoms with Gasteiger partial charge in [-0.15, -0.1) is 0 Å². The van der Waals surface area contributed by atoms with Gasteiger partial charge in [0.2, 0.25) is 0 Å². The molecule has 1 aromatic rings. The van der Waals surface area contributed by atoms with Gasteiger partial charge >= 0.3 is 0 Å². The molecule has 0 aliphatic rings. The Labute approximate surface area is 103 Å². The summed E-state index contributed by atoms with van der Waals surface area (Å²) in [7, 11) is 3.19. The van der Waals surface area contributed by atoms with Crippen molar-refractivity contribution in [1.82, 2.24) is 0 Å². The zero-order valence-electron chi connectivity index (χ0n) is 11.0. The summed E-state index contributed by atoms with van der Waals surface area (Å²) in [4.78, 5) is 0. The molecular weight excluding hydrogens is 214 g/mol. The summed E-state index contributed by atoms with van der Waals surface area (Å²) < 4.78 is 10.6. The Bertz CT molecular complexity index is 414. The first-order valence-electron chi connectivity index (χ1n) is 5.43. The first kappa shape index (κ1) is 13.4. The van der Waals surface area contributed by atoms with Crippen molar-refractivity contribution in [2.45, 2.75) is 20.8 Å². The Morgan fingerprint density at radius 2 is 1.59 bits per heavy atom. The number of ether oxygens (including phenoxy) is 2. The van der Waals surface area contributed by atoms with Gasteiger partial charge in [-0.3, -0.25) is 0 Å². The highest BCUT2D eigenvalue weighted by molar-refractivity contribution is 5.55. The predicted octanol–water partition coefficient (Wildman–Crippen LogP) is 3.17. The summed E-state index contributed by atoms with van der Waals surface area (Å²) in [5, 5.41) is 8.93. The summed E-state index contributed by atoms with van der Waals surface area (Å²) in [5.74, 6) is 1.33. The quantitative estimate of drug-likeness (QED) is 0.803. The van der Waals surface area contributed by atoms with Crippen LogP contribution in [0.3, 0.4) is 0 Å². The average molecular weight is 232 g/mol. The average Bonchev–Trinajstić information content (AvgIpc) is 2.27. The van der Waals surface area contributed by atoms with Crippen LogP contribution in [0.15, 0.2) is 12.1 Å². The van der Waals surface area contributed by atoms with Gasteiger partial charge in [0.05, 0.1) is 25.9 Å². The van der Waals surface area contributed by atoms with E-state index in [4.69, 9.17) is 14.7 Å². The molecule has 1 rings (SSSR count). The Balaban J connectivity index is 3.31. The number of rotatable bonds is 3. The summed E-state index contributed by atoms with van der Waals surface area (Å²) in [5.41, 5.74) is 1.43. The van der Waals surface area contributed by atoms with Gasteiger partial charge in [-0.25, -0.2) is 0 Å². The van der Waals surface area contributed by atoms with Gasteiger partial charge < -0.3 is 9.47 Å². The van der Waals surface area contributed by atoms with Gasteiger partial charge in [0, 0.05) is 12.0 Å². The van der Waals surface area contributed by atoms with Crippen molar-refractivity contribution in [3.8, 4) is 17.6 Å². The van der Waals surface area contributed by atoms with Crippen molar-refractivity contribution in [3.63, 3.8) is 0 Å². The van der Waals surface area contributed by atoms with E-state index in [1.54, 1.807) is 26.4 Å². The molecular formula is C14H18NO2. The van der Waals surface area contributed by atoms with E-state index in [0.29, 0.717) is 17.1 Å². The zero-order valence-corrected chi connectivity index (χ0v) is 11.0. The summed E-state index contributed by atoms with van der Waals surface area (Å²) in [6.07, 6.45) is 2.08. The minimum Gasteiger partial charge on any atom is -0.496 e. The number of nitrogens with zero attached hydrogens (tertiary/aromatic N) is 1. The van der Waals surface area contributed by atoms with Crippen molar-refractivity contribution in [2.24, 2.45) is 5.41 Å². The second-order valence-corrected chi connectivity index (χ2v) is 4.92. The van der Waals surface area contributed by atoms with Gasteiger partial charge in [0.15, 0.2) is 0 Å². The number of nitriles is 1. The smallest absolute Gasteiger partial charge is 0.127 e. The van der Waals surface area contributed by atoms with Crippen LogP contribution in [0.25, 0.3) is 0 Å². The molecule has 1 aromatic carbocycles. The molecule has 0 aliphatic heterocycles. The third-order valence-corrected chi connectivity index (χ3v) is 2.25. The molecule has 0 saturated heterocycles. The van der Waals surface area contributed by atoms with E-state index in [9.17, 15) is 0 Å². The molecule has 0 amide bonds. The lowest BCUT2D eigenvalue weighted by Gasteiger charge is -2.21. The van der Waals surface area contributed by atoms with Crippen LogP contribution in [0.4, 0.5) is 0 Å². The molecule has 0 aliphatic carbocycles. The van der Waals surface area contributed by atoms with E-state index >= 15 is 0 Å². The molecule has 0 heterocycles. The lowest BCUT2D eigenvalue weighted by molar-refractivity contribution is 0.382. The van der Waals surface area contributed by atoms with E-state index in [0.717, 1.165) is 5.56 Å². The maximum atomic E-state index is 8.93. The highest BCUT2D eigenvalue weighted by atomic mass is 16.5. The summed E-state index contributed by atoms with van der Waals surface area (Å²) >= 11 is 0. The maximum absolute atomic E-state index is 8.93. The van der Waals surface area contributed by atoms with E-state index < -0.39 is 0 Å². The van der Waals surface area contributed by atoms with E-state index in [1.807, 2.05) is 0 Å². The molecule has 0 atom stereocenters. The van der Waals surface area contributed by atoms with Crippen LogP contribution in [0.5, 0.6) is 11.5 Å². The Kier molecular flexibility index (Phi) is 4.01. The molecule has 3 heteroatoms. The fourth-order valence-corrected chi connectivity index (χ4v) is 1.58. The van der Waals surface area contributed by atoms with E-state index in [2.05, 4.69) is 33.3 Å². The highest BCUT2D eigenvalue weighted by Gasteiger charge is 2.20. The van der Waals surface area contributed by atoms with Crippen molar-refractivity contribution in [2.75, 3.05) is 14.2 Å². The van der Waals surface area contributed by atoms with Crippen molar-refractivity contribution in [3.05, 3.63) is 29.7 Å². The third-order valence-electron chi connectivity index (χ3n) is 2.25. The normalized spacial score (nSPS) is 10.8. The second kappa shape index (κ2) is 5.09. The number of hydrogen-bond donors (Lipinski definition) is 0. The second-order valence-electron chi connectivity index (χ2n) is 4.92. The molecule has 3 nitrogen and oxygen atoms in total. The van der Waals surface area contributed by atoms with Crippen LogP contribution in [-0.2, 0) is 0 Å². The molecule has 0 fully saturated rings. The number of methoxy groups -OCH3 is 2. The third kappa shape index (κ3) is 3.39. The Morgan fingerprint density at radius 3 is 1.88 bits per heavy atom. The van der Waals surface area contributed by atoms with Gasteiger partial charge in [0.25, 0.3) is 0 Å². The topological polar surface area (TPSA) is 42.2 Å². The maximum Gasteiger partial charge on any atom is 0.127 e. The number of hydrogen-bond acceptors (Lipinski definition) is 3. The Morgan fingerprint density at radius 1 is 1.12 bits per heavy atom. The standard InChI is InChI=1S/C14H18NO2/c1-14(2,3)8-11-12(16-4)6-10(9-15)7-13(11)17-5/h6-8H,1-5H3. The van der Waals surface area contributed by atoms with Crippen molar-refractivity contribution in [1.29, 1.82) is 5.26 Å². The summed E-state index contributed by atoms with van der Waals surface area (Å²) in [6, 6.07) is 5.54. The Hall–Kier alpha value is -1.69. The van der Waals surface area contributed by atoms with Crippen LogP contribution >= 0.6 is 0 Å². The van der Waals surface area contributed by atoms with Gasteiger partial charge in [-0.2, -0.15) is 5.26 Å². The molecule has 17 heavy (non-hydrogen) atoms. The van der Waals surface area contributed by atoms with Crippen molar-refractivity contribution >= 4 is 0 Å². The molecule has 1 radical (unpaired) electrons. The van der Waals surface area contributed by atoms with Crippen LogP contribution < -0.4 is 9.47 Å². The largest absolute Gasteiger partial charge is 0.496 e. The zero-order chi connectivity index (χ0) is 13.1. The molecule has 0 unspecified atom stereocenters. The SMILES string of the molecule is COc1cc(C#N)cc(OC)c1[CH]C(C)(C)C. The molecule has 0 N–H and O–H groups in total. The predicted molar refractivity (Wildman–Crippen MR) is 67.1 cm³/mol. The molecule has 0 bridgehead atoms. The molecule has 0 spiro atoms. The fourth-order valence-electron chi connectivity index (χ4n) is 1.58. The van der Waals surface area contributed by atoms with Gasteiger partial charge in [0.1, 0.15) is 11.5 Å². The molecule has 0 saturated carbocycles. The minimum atomic E-state index is 0.00865. The first-order chi connectivity index (χ1) is 7.91. The van der Waals surface area contributed by atoms with E-state index in [1.165, 1.54) is 0 Å². The lowest BCUT2D eigenvalue weighted by atomic mass is 9.87. The van der Waals surface area contributed by atoms with Crippen LogP contribution in [0, 0.1) is 23.2 Å². The minimum absolute atomic E-state index is 0.00865. The summed E-state index contributed by atoms with van der Waals surface area (Å²) in [6.45, 7) is 6.30. The number of benzene rings is 1. The van der Waals surface area contributed by atoms with E-state index in [-0.39, 0.29) is 5.41 Å².